The highest BCUT2D eigenvalue weighted by atomic mass is 16.6. The summed E-state index contributed by atoms with van der Waals surface area (Å²) < 4.78 is 0. The lowest BCUT2D eigenvalue weighted by Crippen LogP contribution is -1.92. The van der Waals surface area contributed by atoms with Crippen molar-refractivity contribution in [3.8, 4) is 0 Å². The maximum atomic E-state index is 11.1. The van der Waals surface area contributed by atoms with Gasteiger partial charge in [-0.15, -0.1) is 0 Å². The molecular formula is C15H12N2O3. The molecule has 0 unspecified atom stereocenters. The van der Waals surface area contributed by atoms with Crippen LogP contribution in [0, 0.1) is 10.1 Å². The molecule has 5 heteroatoms. The molecule has 0 N–H and O–H groups in total. The van der Waals surface area contributed by atoms with Crippen LogP contribution in [-0.2, 0) is 11.2 Å². The van der Waals surface area contributed by atoms with Crippen LogP contribution in [0.1, 0.15) is 11.3 Å². The number of non-ortho nitro benzene ring substituents is 1. The minimum atomic E-state index is -0.440. The summed E-state index contributed by atoms with van der Waals surface area (Å²) in [6.45, 7) is 0. The molecule has 5 nitrogen and oxygen atoms in total. The highest BCUT2D eigenvalue weighted by molar-refractivity contribution is 6.05. The lowest BCUT2D eigenvalue weighted by Gasteiger charge is -2.00. The Hall–Kier alpha value is -2.82. The van der Waals surface area contributed by atoms with Crippen molar-refractivity contribution in [3.63, 3.8) is 0 Å². The van der Waals surface area contributed by atoms with Gasteiger partial charge in [0.1, 0.15) is 0 Å². The third kappa shape index (κ3) is 3.35. The van der Waals surface area contributed by atoms with Crippen LogP contribution < -0.4 is 0 Å². The van der Waals surface area contributed by atoms with E-state index in [0.29, 0.717) is 17.7 Å². The van der Waals surface area contributed by atoms with Gasteiger partial charge in [-0.3, -0.25) is 19.9 Å². The fourth-order valence-corrected chi connectivity index (χ4v) is 1.73. The largest absolute Gasteiger partial charge is 0.298 e. The topological polar surface area (TPSA) is 73.1 Å². The van der Waals surface area contributed by atoms with E-state index in [4.69, 9.17) is 0 Å². The van der Waals surface area contributed by atoms with Gasteiger partial charge < -0.3 is 0 Å². The standard InChI is InChI=1S/C15H12N2O3/c18-11-13(15-3-1-2-10-16-15)7-4-12-5-8-14(9-6-12)17(19)20/h1-3,5-11H,4H2/b13-7-. The van der Waals surface area contributed by atoms with Crippen LogP contribution in [0.2, 0.25) is 0 Å². The first-order chi connectivity index (χ1) is 9.70. The number of benzene rings is 1. The van der Waals surface area contributed by atoms with Gasteiger partial charge in [0.25, 0.3) is 5.69 Å². The number of aldehydes is 1. The van der Waals surface area contributed by atoms with Crippen molar-refractivity contribution in [3.05, 3.63) is 76.1 Å². The molecule has 0 spiro atoms. The Morgan fingerprint density at radius 3 is 2.50 bits per heavy atom. The summed E-state index contributed by atoms with van der Waals surface area (Å²) in [6, 6.07) is 11.6. The van der Waals surface area contributed by atoms with Gasteiger partial charge in [-0.1, -0.05) is 24.3 Å². The van der Waals surface area contributed by atoms with Gasteiger partial charge in [0.2, 0.25) is 0 Å². The van der Waals surface area contributed by atoms with Crippen LogP contribution in [0.4, 0.5) is 5.69 Å². The molecule has 0 bridgehead atoms. The number of nitrogens with zero attached hydrogens (tertiary/aromatic N) is 2. The van der Waals surface area contributed by atoms with Crippen LogP contribution in [0.15, 0.2) is 54.7 Å². The molecule has 0 fully saturated rings. The van der Waals surface area contributed by atoms with E-state index in [1.165, 1.54) is 12.1 Å². The maximum Gasteiger partial charge on any atom is 0.269 e. The molecule has 0 aliphatic heterocycles. The molecule has 0 aliphatic carbocycles. The first-order valence-electron chi connectivity index (χ1n) is 6.01. The number of hydrogen-bond acceptors (Lipinski definition) is 4. The molecule has 20 heavy (non-hydrogen) atoms. The summed E-state index contributed by atoms with van der Waals surface area (Å²) in [5.74, 6) is 0. The summed E-state index contributed by atoms with van der Waals surface area (Å²) in [5, 5.41) is 10.5. The third-order valence-corrected chi connectivity index (χ3v) is 2.79. The number of nitro benzene ring substituents is 1. The predicted molar refractivity (Wildman–Crippen MR) is 75.1 cm³/mol. The highest BCUT2D eigenvalue weighted by Crippen LogP contribution is 2.14. The fraction of sp³-hybridized carbons (Fsp3) is 0.0667. The summed E-state index contributed by atoms with van der Waals surface area (Å²) in [5.41, 5.74) is 2.07. The van der Waals surface area contributed by atoms with Crippen molar-refractivity contribution >= 4 is 17.5 Å². The SMILES string of the molecule is O=C/C(=C/Cc1ccc([N+](=O)[O-])cc1)c1ccccn1. The molecule has 0 saturated carbocycles. The number of nitro groups is 1. The van der Waals surface area contributed by atoms with Crippen molar-refractivity contribution in [1.29, 1.82) is 0 Å². The Morgan fingerprint density at radius 1 is 1.20 bits per heavy atom. The summed E-state index contributed by atoms with van der Waals surface area (Å²) in [7, 11) is 0. The van der Waals surface area contributed by atoms with Crippen LogP contribution >= 0.6 is 0 Å². The van der Waals surface area contributed by atoms with Gasteiger partial charge in [-0.2, -0.15) is 0 Å². The smallest absolute Gasteiger partial charge is 0.269 e. The molecule has 1 aromatic heterocycles. The Balaban J connectivity index is 2.15. The quantitative estimate of drug-likeness (QED) is 0.362. The highest BCUT2D eigenvalue weighted by Gasteiger charge is 2.04. The van der Waals surface area contributed by atoms with Crippen molar-refractivity contribution in [2.45, 2.75) is 6.42 Å². The second kappa shape index (κ2) is 6.38. The number of aromatic nitrogens is 1. The van der Waals surface area contributed by atoms with Gasteiger partial charge in [0.05, 0.1) is 10.6 Å². The zero-order valence-electron chi connectivity index (χ0n) is 10.6. The zero-order chi connectivity index (χ0) is 14.4. The normalized spacial score (nSPS) is 11.1. The number of pyridine rings is 1. The van der Waals surface area contributed by atoms with E-state index >= 15 is 0 Å². The van der Waals surface area contributed by atoms with Crippen LogP contribution in [0.5, 0.6) is 0 Å². The van der Waals surface area contributed by atoms with Crippen LogP contribution in [0.3, 0.4) is 0 Å². The van der Waals surface area contributed by atoms with Gasteiger partial charge in [-0.25, -0.2) is 0 Å². The molecule has 0 radical (unpaired) electrons. The number of carbonyl (C=O) groups excluding carboxylic acids is 1. The average molecular weight is 268 g/mol. The van der Waals surface area contributed by atoms with Gasteiger partial charge in [0, 0.05) is 23.9 Å². The van der Waals surface area contributed by atoms with E-state index in [1.54, 1.807) is 36.5 Å². The minimum absolute atomic E-state index is 0.0538. The lowest BCUT2D eigenvalue weighted by molar-refractivity contribution is -0.384. The van der Waals surface area contributed by atoms with E-state index in [9.17, 15) is 14.9 Å². The zero-order valence-corrected chi connectivity index (χ0v) is 10.6. The van der Waals surface area contributed by atoms with E-state index < -0.39 is 4.92 Å². The molecule has 2 aromatic rings. The maximum absolute atomic E-state index is 11.1. The Kier molecular flexibility index (Phi) is 4.34. The Labute approximate surface area is 115 Å². The van der Waals surface area contributed by atoms with E-state index in [-0.39, 0.29) is 5.69 Å². The van der Waals surface area contributed by atoms with Gasteiger partial charge in [0.15, 0.2) is 6.29 Å². The number of carbonyl (C=O) groups is 1. The summed E-state index contributed by atoms with van der Waals surface area (Å²) in [6.07, 6.45) is 4.66. The van der Waals surface area contributed by atoms with Crippen LogP contribution in [-0.4, -0.2) is 16.2 Å². The third-order valence-electron chi connectivity index (χ3n) is 2.79. The van der Waals surface area contributed by atoms with Crippen molar-refractivity contribution in [2.24, 2.45) is 0 Å². The van der Waals surface area contributed by atoms with E-state index in [2.05, 4.69) is 4.98 Å². The van der Waals surface area contributed by atoms with Crippen molar-refractivity contribution in [2.75, 3.05) is 0 Å². The second-order valence-electron chi connectivity index (χ2n) is 4.12. The number of rotatable bonds is 5. The number of hydrogen-bond donors (Lipinski definition) is 0. The summed E-state index contributed by atoms with van der Waals surface area (Å²) >= 11 is 0. The Bertz CT molecular complexity index is 634. The molecule has 0 aliphatic rings. The molecule has 0 saturated heterocycles. The molecule has 2 rings (SSSR count). The first kappa shape index (κ1) is 13.6. The lowest BCUT2D eigenvalue weighted by atomic mass is 10.1. The van der Waals surface area contributed by atoms with Crippen molar-refractivity contribution in [1.82, 2.24) is 4.98 Å². The molecule has 0 atom stereocenters. The molecule has 100 valence electrons. The van der Waals surface area contributed by atoms with E-state index in [1.807, 2.05) is 6.07 Å². The second-order valence-corrected chi connectivity index (χ2v) is 4.12. The molecule has 1 heterocycles. The van der Waals surface area contributed by atoms with E-state index in [0.717, 1.165) is 11.8 Å². The Morgan fingerprint density at radius 2 is 1.95 bits per heavy atom. The summed E-state index contributed by atoms with van der Waals surface area (Å²) in [4.78, 5) is 25.3. The van der Waals surface area contributed by atoms with Gasteiger partial charge >= 0.3 is 0 Å². The first-order valence-corrected chi connectivity index (χ1v) is 6.01. The van der Waals surface area contributed by atoms with Crippen LogP contribution in [0.25, 0.3) is 5.57 Å². The minimum Gasteiger partial charge on any atom is -0.298 e. The predicted octanol–water partition coefficient (Wildman–Crippen LogP) is 2.81. The number of allylic oxidation sites excluding steroid dienone is 2. The van der Waals surface area contributed by atoms with Gasteiger partial charge in [-0.05, 0) is 24.1 Å². The molecule has 0 amide bonds. The molecular weight excluding hydrogens is 256 g/mol. The monoisotopic (exact) mass is 268 g/mol. The molecule has 1 aromatic carbocycles. The fourth-order valence-electron chi connectivity index (χ4n) is 1.73. The average Bonchev–Trinajstić information content (AvgIpc) is 2.49. The van der Waals surface area contributed by atoms with Crippen molar-refractivity contribution < 1.29 is 9.72 Å².